The summed E-state index contributed by atoms with van der Waals surface area (Å²) in [6.07, 6.45) is 63.8. The largest absolute Gasteiger partial charge is 0.394 e. The van der Waals surface area contributed by atoms with Crippen LogP contribution in [0.3, 0.4) is 0 Å². The lowest BCUT2D eigenvalue weighted by atomic mass is 9.97. The Morgan fingerprint density at radius 3 is 1.08 bits per heavy atom. The van der Waals surface area contributed by atoms with E-state index in [-0.39, 0.29) is 18.9 Å². The molecule has 14 nitrogen and oxygen atoms in total. The maximum Gasteiger partial charge on any atom is 0.220 e. The van der Waals surface area contributed by atoms with Crippen LogP contribution in [0.1, 0.15) is 354 Å². The van der Waals surface area contributed by atoms with Crippen molar-refractivity contribution in [2.45, 2.75) is 428 Å². The van der Waals surface area contributed by atoms with Gasteiger partial charge in [-0.05, 0) is 44.9 Å². The second kappa shape index (κ2) is 61.8. The van der Waals surface area contributed by atoms with Crippen LogP contribution in [0.4, 0.5) is 0 Å². The Morgan fingerprint density at radius 1 is 0.385 bits per heavy atom. The third kappa shape index (κ3) is 45.4. The number of carbonyl (C=O) groups is 1. The van der Waals surface area contributed by atoms with Crippen LogP contribution < -0.4 is 5.32 Å². The fourth-order valence-corrected chi connectivity index (χ4v) is 12.9. The average molecular weight is 1290 g/mol. The third-order valence-electron chi connectivity index (χ3n) is 19.1. The van der Waals surface area contributed by atoms with Crippen LogP contribution in [0.15, 0.2) is 36.5 Å². The van der Waals surface area contributed by atoms with Gasteiger partial charge in [-0.3, -0.25) is 4.79 Å². The lowest BCUT2D eigenvalue weighted by Crippen LogP contribution is -2.65. The molecule has 0 radical (unpaired) electrons. The Bertz CT molecular complexity index is 1670. The van der Waals surface area contributed by atoms with Crippen molar-refractivity contribution in [1.82, 2.24) is 5.32 Å². The minimum atomic E-state index is -1.79. The molecule has 0 aromatic carbocycles. The van der Waals surface area contributed by atoms with Crippen molar-refractivity contribution < 1.29 is 64.6 Å². The summed E-state index contributed by atoms with van der Waals surface area (Å²) < 4.78 is 22.9. The average Bonchev–Trinajstić information content (AvgIpc) is 0.943. The molecule has 1 amide bonds. The van der Waals surface area contributed by atoms with E-state index in [9.17, 15) is 45.6 Å². The number of aliphatic hydroxyl groups is 8. The quantitative estimate of drug-likeness (QED) is 0.0204. The zero-order chi connectivity index (χ0) is 65.9. The van der Waals surface area contributed by atoms with Crippen molar-refractivity contribution in [3.63, 3.8) is 0 Å². The predicted octanol–water partition coefficient (Wildman–Crippen LogP) is 16.9. The number of unbranched alkanes of at least 4 members (excludes halogenated alkanes) is 48. The van der Waals surface area contributed by atoms with E-state index < -0.39 is 86.8 Å². The lowest BCUT2D eigenvalue weighted by Gasteiger charge is -2.46. The van der Waals surface area contributed by atoms with E-state index in [0.717, 1.165) is 44.9 Å². The van der Waals surface area contributed by atoms with Gasteiger partial charge in [0.05, 0.1) is 32.0 Å². The molecule has 9 N–H and O–H groups in total. The molecule has 91 heavy (non-hydrogen) atoms. The summed E-state index contributed by atoms with van der Waals surface area (Å²) in [6.45, 7) is 2.83. The first-order valence-electron chi connectivity index (χ1n) is 38.7. The summed E-state index contributed by atoms with van der Waals surface area (Å²) in [6, 6.07) is -0.937. The Hall–Kier alpha value is -1.79. The molecule has 0 aromatic rings. The van der Waals surface area contributed by atoms with Crippen LogP contribution in [0, 0.1) is 0 Å². The molecule has 2 fully saturated rings. The van der Waals surface area contributed by atoms with Crippen LogP contribution in [-0.4, -0.2) is 140 Å². The fourth-order valence-electron chi connectivity index (χ4n) is 12.9. The minimum Gasteiger partial charge on any atom is -0.394 e. The number of ether oxygens (including phenoxy) is 4. The summed E-state index contributed by atoms with van der Waals surface area (Å²) in [5, 5.41) is 87.5. The number of rotatable bonds is 65. The molecule has 2 rings (SSSR count). The fraction of sp³-hybridized carbons (Fsp3) is 0.909. The van der Waals surface area contributed by atoms with Crippen molar-refractivity contribution in [2.75, 3.05) is 19.8 Å². The van der Waals surface area contributed by atoms with Gasteiger partial charge < -0.3 is 65.1 Å². The highest BCUT2D eigenvalue weighted by Crippen LogP contribution is 2.30. The van der Waals surface area contributed by atoms with Gasteiger partial charge in [0.1, 0.15) is 48.8 Å². The second-order valence-corrected chi connectivity index (χ2v) is 27.5. The van der Waals surface area contributed by atoms with E-state index in [1.165, 1.54) is 276 Å². The number of allylic oxidation sites excluding steroid dienone is 5. The number of hydrogen-bond acceptors (Lipinski definition) is 13. The number of nitrogens with one attached hydrogen (secondary N) is 1. The first-order chi connectivity index (χ1) is 44.6. The molecular weight excluding hydrogens is 1150 g/mol. The minimum absolute atomic E-state index is 0.246. The van der Waals surface area contributed by atoms with Crippen molar-refractivity contribution in [3.8, 4) is 0 Å². The van der Waals surface area contributed by atoms with Gasteiger partial charge in [-0.25, -0.2) is 0 Å². The van der Waals surface area contributed by atoms with Crippen molar-refractivity contribution in [1.29, 1.82) is 0 Å². The van der Waals surface area contributed by atoms with E-state index in [2.05, 4.69) is 43.5 Å². The van der Waals surface area contributed by atoms with Crippen LogP contribution in [0.25, 0.3) is 0 Å². The smallest absolute Gasteiger partial charge is 0.220 e. The lowest BCUT2D eigenvalue weighted by molar-refractivity contribution is -0.359. The summed E-state index contributed by atoms with van der Waals surface area (Å²) in [5.74, 6) is -0.246. The van der Waals surface area contributed by atoms with Gasteiger partial charge in [-0.15, -0.1) is 0 Å². The molecule has 0 saturated carbocycles. The molecule has 14 heteroatoms. The molecule has 12 unspecified atom stereocenters. The van der Waals surface area contributed by atoms with Crippen LogP contribution >= 0.6 is 0 Å². The summed E-state index contributed by atoms with van der Waals surface area (Å²) in [5.41, 5.74) is 0. The topological polar surface area (TPSA) is 228 Å². The first kappa shape index (κ1) is 85.3. The molecule has 536 valence electrons. The highest BCUT2D eigenvalue weighted by Gasteiger charge is 2.51. The van der Waals surface area contributed by atoms with E-state index in [1.54, 1.807) is 6.08 Å². The van der Waals surface area contributed by atoms with Crippen LogP contribution in [0.2, 0.25) is 0 Å². The van der Waals surface area contributed by atoms with E-state index in [1.807, 2.05) is 6.08 Å². The number of aliphatic hydroxyl groups excluding tert-OH is 8. The van der Waals surface area contributed by atoms with Gasteiger partial charge >= 0.3 is 0 Å². The predicted molar refractivity (Wildman–Crippen MR) is 374 cm³/mol. The van der Waals surface area contributed by atoms with Crippen molar-refractivity contribution >= 4 is 5.91 Å². The van der Waals surface area contributed by atoms with Gasteiger partial charge in [0.25, 0.3) is 0 Å². The number of hydrogen-bond donors (Lipinski definition) is 9. The van der Waals surface area contributed by atoms with E-state index >= 15 is 0 Å². The molecule has 0 aromatic heterocycles. The van der Waals surface area contributed by atoms with Crippen LogP contribution in [0.5, 0.6) is 0 Å². The molecule has 2 aliphatic rings. The van der Waals surface area contributed by atoms with Gasteiger partial charge in [0.15, 0.2) is 12.6 Å². The second-order valence-electron chi connectivity index (χ2n) is 27.5. The van der Waals surface area contributed by atoms with E-state index in [0.29, 0.717) is 12.8 Å². The first-order valence-corrected chi connectivity index (χ1v) is 38.7. The zero-order valence-electron chi connectivity index (χ0n) is 58.6. The number of amides is 1. The molecule has 0 bridgehead atoms. The highest BCUT2D eigenvalue weighted by molar-refractivity contribution is 5.76. The Morgan fingerprint density at radius 2 is 0.703 bits per heavy atom. The standard InChI is InChI=1S/C77H145NO13/c1-3-5-7-9-11-13-15-17-19-21-23-25-27-28-29-30-31-32-33-34-35-36-37-39-41-43-45-47-49-51-53-55-57-59-61-69(82)78-65(64-88-76-74(87)72(85)75(68(63-80)90-76)91-77-73(86)71(84)70(83)67(62-79)89-77)66(81)60-58-56-54-52-50-48-46-44-42-40-38-26-24-22-20-18-16-14-12-10-8-6-4-2/h42,44,50,52,58,60,65-68,70-77,79-81,83-87H,3-41,43,45-49,51,53-57,59,61-64H2,1-2H3,(H,78,82)/b44-42+,52-50+,60-58+. The third-order valence-corrected chi connectivity index (χ3v) is 19.1. The van der Waals surface area contributed by atoms with Gasteiger partial charge in [0, 0.05) is 6.42 Å². The zero-order valence-corrected chi connectivity index (χ0v) is 58.6. The maximum atomic E-state index is 13.4. The van der Waals surface area contributed by atoms with Gasteiger partial charge in [-0.1, -0.05) is 339 Å². The molecule has 2 heterocycles. The Labute approximate surface area is 557 Å². The van der Waals surface area contributed by atoms with E-state index in [4.69, 9.17) is 18.9 Å². The van der Waals surface area contributed by atoms with Crippen LogP contribution in [-0.2, 0) is 23.7 Å². The number of carbonyl (C=O) groups excluding carboxylic acids is 1. The van der Waals surface area contributed by atoms with Gasteiger partial charge in [0.2, 0.25) is 5.91 Å². The normalized spacial score (nSPS) is 22.9. The van der Waals surface area contributed by atoms with Gasteiger partial charge in [-0.2, -0.15) is 0 Å². The molecule has 12 atom stereocenters. The molecular formula is C77H145NO13. The summed E-state index contributed by atoms with van der Waals surface area (Å²) in [4.78, 5) is 13.4. The van der Waals surface area contributed by atoms with Crippen molar-refractivity contribution in [3.05, 3.63) is 36.5 Å². The molecule has 2 aliphatic heterocycles. The summed E-state index contributed by atoms with van der Waals surface area (Å²) >= 11 is 0. The SMILES string of the molecule is CCCCCCCCCCCCCCC/C=C/CC/C=C/CC/C=C/C(O)C(COC1OC(CO)C(OC2OC(CO)C(O)C(O)C2O)C(O)C1O)NC(=O)CCCCCCCCCCCCCCCCCCCCCCCCCCCCCCCCCCCC. The molecule has 2 saturated heterocycles. The molecule has 0 aliphatic carbocycles. The molecule has 0 spiro atoms. The maximum absolute atomic E-state index is 13.4. The van der Waals surface area contributed by atoms with Crippen molar-refractivity contribution in [2.24, 2.45) is 0 Å². The monoisotopic (exact) mass is 1290 g/mol. The Kier molecular flexibility index (Phi) is 57.9. The summed E-state index contributed by atoms with van der Waals surface area (Å²) in [7, 11) is 0. The Balaban J connectivity index is 1.63. The highest BCUT2D eigenvalue weighted by atomic mass is 16.7.